The third-order valence-corrected chi connectivity index (χ3v) is 9.67. The molecule has 2 N–H and O–H groups in total. The van der Waals surface area contributed by atoms with Crippen LogP contribution in [0, 0.1) is 11.8 Å². The van der Waals surface area contributed by atoms with Crippen LogP contribution in [0.5, 0.6) is 0 Å². The van der Waals surface area contributed by atoms with Crippen molar-refractivity contribution in [3.05, 3.63) is 87.8 Å². The van der Waals surface area contributed by atoms with Crippen LogP contribution in [-0.4, -0.2) is 48.0 Å². The molecule has 43 heavy (non-hydrogen) atoms. The second-order valence-corrected chi connectivity index (χ2v) is 12.4. The fraction of sp³-hybridized carbons (Fsp3) is 0.412. The Bertz CT molecular complexity index is 1660. The SMILES string of the molecule is CC(=O)Nc1ccc2c(c1)CC(C(=O)NCCC(=O)N1CCCc3ccccc31)C1C3CC(CN21)Cn1c3cccc1=O. The van der Waals surface area contributed by atoms with Crippen molar-refractivity contribution in [1.29, 1.82) is 0 Å². The predicted octanol–water partition coefficient (Wildman–Crippen LogP) is 3.46. The number of fused-ring (bicyclic) bond motifs is 9. The molecule has 1 saturated heterocycles. The molecule has 7 rings (SSSR count). The Morgan fingerprint density at radius 1 is 0.953 bits per heavy atom. The Hall–Kier alpha value is -4.40. The van der Waals surface area contributed by atoms with E-state index in [4.69, 9.17) is 0 Å². The van der Waals surface area contributed by atoms with E-state index in [9.17, 15) is 19.2 Å². The molecule has 9 nitrogen and oxygen atoms in total. The highest BCUT2D eigenvalue weighted by atomic mass is 16.2. The highest BCUT2D eigenvalue weighted by Gasteiger charge is 2.49. The van der Waals surface area contributed by atoms with Crippen LogP contribution < -0.4 is 26.0 Å². The van der Waals surface area contributed by atoms with Crippen LogP contribution in [0.4, 0.5) is 17.1 Å². The van der Waals surface area contributed by atoms with Crippen molar-refractivity contribution in [1.82, 2.24) is 9.88 Å². The fourth-order valence-electron chi connectivity index (χ4n) is 7.96. The zero-order chi connectivity index (χ0) is 29.7. The van der Waals surface area contributed by atoms with Crippen molar-refractivity contribution in [2.45, 2.75) is 57.5 Å². The number of pyridine rings is 1. The number of anilines is 3. The van der Waals surface area contributed by atoms with Gasteiger partial charge >= 0.3 is 0 Å². The number of nitrogens with one attached hydrogen (secondary N) is 2. The van der Waals surface area contributed by atoms with E-state index in [1.165, 1.54) is 12.5 Å². The lowest BCUT2D eigenvalue weighted by Gasteiger charge is -2.54. The number of hydrogen-bond acceptors (Lipinski definition) is 5. The Balaban J connectivity index is 1.15. The molecule has 0 aliphatic carbocycles. The van der Waals surface area contributed by atoms with Gasteiger partial charge in [0.05, 0.1) is 5.92 Å². The molecule has 0 radical (unpaired) electrons. The molecular weight excluding hydrogens is 542 g/mol. The molecule has 0 saturated carbocycles. The topological polar surface area (TPSA) is 104 Å². The molecule has 9 heteroatoms. The number of aromatic nitrogens is 1. The van der Waals surface area contributed by atoms with Crippen LogP contribution in [-0.2, 0) is 33.8 Å². The van der Waals surface area contributed by atoms with Crippen LogP contribution in [0.1, 0.15) is 48.9 Å². The number of nitrogens with zero attached hydrogens (tertiary/aromatic N) is 3. The molecule has 4 aliphatic rings. The molecule has 4 aliphatic heterocycles. The summed E-state index contributed by atoms with van der Waals surface area (Å²) in [4.78, 5) is 56.1. The van der Waals surface area contributed by atoms with E-state index in [1.54, 1.807) is 6.07 Å². The molecule has 4 unspecified atom stereocenters. The van der Waals surface area contributed by atoms with Gasteiger partial charge in [-0.3, -0.25) is 19.2 Å². The Kier molecular flexibility index (Phi) is 7.03. The van der Waals surface area contributed by atoms with Gasteiger partial charge in [0.2, 0.25) is 17.7 Å². The number of carbonyl (C=O) groups excluding carboxylic acids is 3. The van der Waals surface area contributed by atoms with Crippen molar-refractivity contribution < 1.29 is 14.4 Å². The molecule has 0 spiro atoms. The van der Waals surface area contributed by atoms with Crippen LogP contribution in [0.3, 0.4) is 0 Å². The van der Waals surface area contributed by atoms with Gasteiger partial charge in [0.1, 0.15) is 0 Å². The number of aryl methyl sites for hydroxylation is 1. The fourth-order valence-corrected chi connectivity index (χ4v) is 7.96. The van der Waals surface area contributed by atoms with Gasteiger partial charge in [-0.15, -0.1) is 0 Å². The summed E-state index contributed by atoms with van der Waals surface area (Å²) in [6.07, 6.45) is 3.58. The molecule has 3 amide bonds. The quantitative estimate of drug-likeness (QED) is 0.482. The molecule has 4 atom stereocenters. The summed E-state index contributed by atoms with van der Waals surface area (Å²) in [6, 6.07) is 19.3. The summed E-state index contributed by atoms with van der Waals surface area (Å²) in [5.74, 6) is -0.247. The van der Waals surface area contributed by atoms with Gasteiger partial charge in [-0.25, -0.2) is 0 Å². The van der Waals surface area contributed by atoms with Gasteiger partial charge in [-0.1, -0.05) is 24.3 Å². The molecule has 2 bridgehead atoms. The van der Waals surface area contributed by atoms with Crippen LogP contribution >= 0.6 is 0 Å². The molecule has 1 fully saturated rings. The minimum Gasteiger partial charge on any atom is -0.366 e. The number of piperidine rings is 1. The van der Waals surface area contributed by atoms with E-state index in [1.807, 2.05) is 51.9 Å². The van der Waals surface area contributed by atoms with Crippen molar-refractivity contribution in [2.24, 2.45) is 11.8 Å². The van der Waals surface area contributed by atoms with Gasteiger partial charge in [0.15, 0.2) is 0 Å². The number of amides is 3. The van der Waals surface area contributed by atoms with E-state index >= 15 is 0 Å². The highest BCUT2D eigenvalue weighted by Crippen LogP contribution is 2.48. The smallest absolute Gasteiger partial charge is 0.250 e. The van der Waals surface area contributed by atoms with E-state index in [2.05, 4.69) is 27.7 Å². The lowest BCUT2D eigenvalue weighted by molar-refractivity contribution is -0.126. The third kappa shape index (κ3) is 5.00. The summed E-state index contributed by atoms with van der Waals surface area (Å²) >= 11 is 0. The second kappa shape index (κ2) is 11.0. The van der Waals surface area contributed by atoms with E-state index in [0.29, 0.717) is 31.1 Å². The number of carbonyl (C=O) groups is 3. The first-order valence-electron chi connectivity index (χ1n) is 15.4. The average molecular weight is 580 g/mol. The van der Waals surface area contributed by atoms with Gasteiger partial charge in [0.25, 0.3) is 5.56 Å². The average Bonchev–Trinajstić information content (AvgIpc) is 3.00. The maximum Gasteiger partial charge on any atom is 0.250 e. The zero-order valence-electron chi connectivity index (χ0n) is 24.4. The van der Waals surface area contributed by atoms with E-state index in [-0.39, 0.29) is 54.1 Å². The Morgan fingerprint density at radius 3 is 2.67 bits per heavy atom. The molecule has 2 aromatic carbocycles. The first-order valence-corrected chi connectivity index (χ1v) is 15.4. The number of hydrogen-bond donors (Lipinski definition) is 2. The maximum absolute atomic E-state index is 14.0. The molecule has 222 valence electrons. The Labute approximate surface area is 250 Å². The first-order chi connectivity index (χ1) is 20.9. The van der Waals surface area contributed by atoms with Gasteiger partial charge in [0, 0.05) is 80.3 Å². The molecule has 1 aromatic heterocycles. The minimum atomic E-state index is -0.376. The lowest BCUT2D eigenvalue weighted by atomic mass is 9.69. The van der Waals surface area contributed by atoms with Crippen molar-refractivity contribution in [2.75, 3.05) is 34.8 Å². The van der Waals surface area contributed by atoms with E-state index < -0.39 is 0 Å². The normalized spacial score (nSPS) is 23.3. The standard InChI is InChI=1S/C34H37N5O4/c1-21(40)36-25-11-12-29-24(17-25)18-27(33-26-16-22(20-39(29)33)19-38-30(26)9-4-10-31(38)41)34(43)35-14-13-32(42)37-15-5-7-23-6-2-3-8-28(23)37/h2-4,6,8-12,17,22,26-27,33H,5,7,13-16,18-20H2,1H3,(H,35,43)(H,36,40). The number of benzene rings is 2. The maximum atomic E-state index is 14.0. The number of rotatable bonds is 5. The summed E-state index contributed by atoms with van der Waals surface area (Å²) in [5.41, 5.74) is 5.99. The summed E-state index contributed by atoms with van der Waals surface area (Å²) in [5, 5.41) is 5.99. The van der Waals surface area contributed by atoms with Crippen LogP contribution in [0.25, 0.3) is 0 Å². The van der Waals surface area contributed by atoms with Crippen molar-refractivity contribution in [3.8, 4) is 0 Å². The zero-order valence-corrected chi connectivity index (χ0v) is 24.4. The van der Waals surface area contributed by atoms with Crippen molar-refractivity contribution >= 4 is 34.8 Å². The number of para-hydroxylation sites is 1. The minimum absolute atomic E-state index is 0.00982. The van der Waals surface area contributed by atoms with Crippen molar-refractivity contribution in [3.63, 3.8) is 0 Å². The third-order valence-electron chi connectivity index (χ3n) is 9.67. The van der Waals surface area contributed by atoms with Gasteiger partial charge in [-0.2, -0.15) is 0 Å². The molecular formula is C34H37N5O4. The Morgan fingerprint density at radius 2 is 1.81 bits per heavy atom. The van der Waals surface area contributed by atoms with E-state index in [0.717, 1.165) is 48.4 Å². The summed E-state index contributed by atoms with van der Waals surface area (Å²) < 4.78 is 1.90. The predicted molar refractivity (Wildman–Crippen MR) is 165 cm³/mol. The highest BCUT2D eigenvalue weighted by molar-refractivity contribution is 5.95. The van der Waals surface area contributed by atoms with Gasteiger partial charge in [-0.05, 0) is 73.1 Å². The monoisotopic (exact) mass is 579 g/mol. The van der Waals surface area contributed by atoms with Gasteiger partial charge < -0.3 is 25.0 Å². The molecule has 3 aromatic rings. The van der Waals surface area contributed by atoms with Crippen LogP contribution in [0.2, 0.25) is 0 Å². The summed E-state index contributed by atoms with van der Waals surface area (Å²) in [6.45, 7) is 3.87. The first kappa shape index (κ1) is 27.4. The summed E-state index contributed by atoms with van der Waals surface area (Å²) in [7, 11) is 0. The van der Waals surface area contributed by atoms with Crippen LogP contribution in [0.15, 0.2) is 65.5 Å². The largest absolute Gasteiger partial charge is 0.366 e. The second-order valence-electron chi connectivity index (χ2n) is 12.4. The lowest BCUT2D eigenvalue weighted by Crippen LogP contribution is -2.60. The molecule has 5 heterocycles.